The molecule has 1 heterocycles. The van der Waals surface area contributed by atoms with E-state index in [1.165, 1.54) is 0 Å². The molecular formula is C16H18ClNO2. The summed E-state index contributed by atoms with van der Waals surface area (Å²) in [5.74, 6) is 0.414. The zero-order valence-electron chi connectivity index (χ0n) is 11.3. The van der Waals surface area contributed by atoms with Crippen LogP contribution in [0.25, 0.3) is 0 Å². The van der Waals surface area contributed by atoms with Crippen molar-refractivity contribution in [3.63, 3.8) is 0 Å². The first-order valence-corrected chi connectivity index (χ1v) is 7.69. The molecule has 2 atom stereocenters. The minimum atomic E-state index is -0.683. The van der Waals surface area contributed by atoms with Gasteiger partial charge in [0.2, 0.25) is 5.91 Å². The van der Waals surface area contributed by atoms with Crippen molar-refractivity contribution in [1.82, 2.24) is 5.32 Å². The van der Waals surface area contributed by atoms with Crippen LogP contribution in [0.2, 0.25) is 0 Å². The van der Waals surface area contributed by atoms with Gasteiger partial charge in [0.1, 0.15) is 5.54 Å². The quantitative estimate of drug-likeness (QED) is 0.673. The number of Topliss-reactive ketones (excluding diaryl/α,β-unsaturated/α-hetero) is 1. The second-order valence-corrected chi connectivity index (χ2v) is 6.02. The minimum absolute atomic E-state index is 0.0273. The van der Waals surface area contributed by atoms with Gasteiger partial charge in [0, 0.05) is 11.8 Å². The van der Waals surface area contributed by atoms with Crippen molar-refractivity contribution in [3.05, 3.63) is 35.4 Å². The van der Waals surface area contributed by atoms with E-state index in [1.54, 1.807) is 0 Å². The van der Waals surface area contributed by atoms with Gasteiger partial charge in [0.25, 0.3) is 0 Å². The minimum Gasteiger partial charge on any atom is -0.343 e. The van der Waals surface area contributed by atoms with Crippen molar-refractivity contribution >= 4 is 23.3 Å². The molecule has 20 heavy (non-hydrogen) atoms. The standard InChI is InChI=1S/C16H18ClNO2/c17-10-11-5-1-2-6-12(11)13-7-3-4-8-16(13)14(19)9-15(20)18-16/h1-2,5-6,13H,3-4,7-10H2,(H,18,20). The summed E-state index contributed by atoms with van der Waals surface area (Å²) in [5.41, 5.74) is 1.50. The van der Waals surface area contributed by atoms with Gasteiger partial charge in [-0.2, -0.15) is 0 Å². The molecule has 0 radical (unpaired) electrons. The molecule has 2 aliphatic rings. The van der Waals surface area contributed by atoms with E-state index in [1.807, 2.05) is 24.3 Å². The van der Waals surface area contributed by atoms with Crippen molar-refractivity contribution in [2.75, 3.05) is 0 Å². The van der Waals surface area contributed by atoms with Crippen LogP contribution in [0.1, 0.15) is 49.1 Å². The first-order valence-electron chi connectivity index (χ1n) is 7.15. The zero-order chi connectivity index (χ0) is 14.2. The predicted octanol–water partition coefficient (Wildman–Crippen LogP) is 2.91. The fourth-order valence-corrected chi connectivity index (χ4v) is 3.98. The smallest absolute Gasteiger partial charge is 0.228 e. The summed E-state index contributed by atoms with van der Waals surface area (Å²) in [4.78, 5) is 24.1. The summed E-state index contributed by atoms with van der Waals surface area (Å²) in [6, 6.07) is 8.00. The van der Waals surface area contributed by atoms with E-state index in [-0.39, 0.29) is 24.0 Å². The summed E-state index contributed by atoms with van der Waals surface area (Å²) >= 11 is 6.04. The van der Waals surface area contributed by atoms with E-state index < -0.39 is 5.54 Å². The molecule has 1 N–H and O–H groups in total. The summed E-state index contributed by atoms with van der Waals surface area (Å²) in [6.45, 7) is 0. The SMILES string of the molecule is O=C1CC(=O)C2(CCCCC2c2ccccc2CCl)N1. The van der Waals surface area contributed by atoms with E-state index in [0.717, 1.165) is 36.8 Å². The molecule has 1 aromatic carbocycles. The molecular weight excluding hydrogens is 274 g/mol. The van der Waals surface area contributed by atoms with E-state index in [0.29, 0.717) is 5.88 Å². The van der Waals surface area contributed by atoms with E-state index in [9.17, 15) is 9.59 Å². The van der Waals surface area contributed by atoms with Crippen LogP contribution in [0.3, 0.4) is 0 Å². The normalized spacial score (nSPS) is 29.8. The topological polar surface area (TPSA) is 46.2 Å². The van der Waals surface area contributed by atoms with Gasteiger partial charge in [-0.15, -0.1) is 11.6 Å². The first kappa shape index (κ1) is 13.6. The molecule has 1 saturated heterocycles. The highest BCUT2D eigenvalue weighted by molar-refractivity contribution is 6.17. The zero-order valence-corrected chi connectivity index (χ0v) is 12.1. The highest BCUT2D eigenvalue weighted by Crippen LogP contribution is 2.45. The highest BCUT2D eigenvalue weighted by Gasteiger charge is 2.52. The maximum atomic E-state index is 12.4. The van der Waals surface area contributed by atoms with Crippen LogP contribution in [-0.4, -0.2) is 17.2 Å². The maximum Gasteiger partial charge on any atom is 0.228 e. The van der Waals surface area contributed by atoms with Gasteiger partial charge in [-0.3, -0.25) is 9.59 Å². The Morgan fingerprint density at radius 2 is 2.05 bits per heavy atom. The lowest BCUT2D eigenvalue weighted by atomic mass is 9.67. The fraction of sp³-hybridized carbons (Fsp3) is 0.500. The van der Waals surface area contributed by atoms with Crippen LogP contribution >= 0.6 is 11.6 Å². The molecule has 1 aliphatic carbocycles. The molecule has 1 aromatic rings. The molecule has 4 heteroatoms. The number of hydrogen-bond donors (Lipinski definition) is 1. The number of carbonyl (C=O) groups excluding carboxylic acids is 2. The van der Waals surface area contributed by atoms with Crippen LogP contribution in [0.15, 0.2) is 24.3 Å². The Morgan fingerprint density at radius 1 is 1.25 bits per heavy atom. The maximum absolute atomic E-state index is 12.4. The molecule has 106 valence electrons. The molecule has 0 bridgehead atoms. The number of carbonyl (C=O) groups is 2. The van der Waals surface area contributed by atoms with Gasteiger partial charge in [0.05, 0.1) is 6.42 Å². The Bertz CT molecular complexity index is 557. The van der Waals surface area contributed by atoms with Crippen LogP contribution in [-0.2, 0) is 15.5 Å². The van der Waals surface area contributed by atoms with Crippen LogP contribution in [0, 0.1) is 0 Å². The molecule has 0 aromatic heterocycles. The van der Waals surface area contributed by atoms with Crippen LogP contribution in [0.4, 0.5) is 0 Å². The Kier molecular flexibility index (Phi) is 3.55. The Labute approximate surface area is 123 Å². The third-order valence-corrected chi connectivity index (χ3v) is 4.95. The lowest BCUT2D eigenvalue weighted by molar-refractivity contribution is -0.124. The number of hydrogen-bond acceptors (Lipinski definition) is 2. The largest absolute Gasteiger partial charge is 0.343 e. The van der Waals surface area contributed by atoms with Crippen molar-refractivity contribution in [2.24, 2.45) is 0 Å². The lowest BCUT2D eigenvalue weighted by Gasteiger charge is -2.40. The van der Waals surface area contributed by atoms with Crippen molar-refractivity contribution in [3.8, 4) is 0 Å². The predicted molar refractivity (Wildman–Crippen MR) is 77.7 cm³/mol. The highest BCUT2D eigenvalue weighted by atomic mass is 35.5. The van der Waals surface area contributed by atoms with E-state index >= 15 is 0 Å². The second kappa shape index (κ2) is 5.21. The first-order chi connectivity index (χ1) is 9.67. The molecule has 2 unspecified atom stereocenters. The summed E-state index contributed by atoms with van der Waals surface area (Å²) < 4.78 is 0. The Morgan fingerprint density at radius 3 is 2.75 bits per heavy atom. The molecule has 3 rings (SSSR count). The lowest BCUT2D eigenvalue weighted by Crippen LogP contribution is -2.53. The van der Waals surface area contributed by atoms with E-state index in [4.69, 9.17) is 11.6 Å². The molecule has 1 saturated carbocycles. The van der Waals surface area contributed by atoms with Gasteiger partial charge in [-0.25, -0.2) is 0 Å². The molecule has 1 aliphatic heterocycles. The van der Waals surface area contributed by atoms with Gasteiger partial charge in [-0.1, -0.05) is 37.1 Å². The summed E-state index contributed by atoms with van der Waals surface area (Å²) in [6.07, 6.45) is 3.79. The molecule has 1 spiro atoms. The number of amides is 1. The van der Waals surface area contributed by atoms with Crippen LogP contribution < -0.4 is 5.32 Å². The number of benzene rings is 1. The number of halogens is 1. The summed E-state index contributed by atoms with van der Waals surface area (Å²) in [5, 5.41) is 2.99. The third kappa shape index (κ3) is 2.05. The third-order valence-electron chi connectivity index (χ3n) is 4.66. The van der Waals surface area contributed by atoms with E-state index in [2.05, 4.69) is 5.32 Å². The monoisotopic (exact) mass is 291 g/mol. The number of nitrogens with one attached hydrogen (secondary N) is 1. The van der Waals surface area contributed by atoms with Crippen molar-refractivity contribution < 1.29 is 9.59 Å². The summed E-state index contributed by atoms with van der Waals surface area (Å²) in [7, 11) is 0. The molecule has 2 fully saturated rings. The fourth-order valence-electron chi connectivity index (χ4n) is 3.74. The molecule has 1 amide bonds. The average molecular weight is 292 g/mol. The number of ketones is 1. The van der Waals surface area contributed by atoms with Gasteiger partial charge < -0.3 is 5.32 Å². The molecule has 3 nitrogen and oxygen atoms in total. The number of rotatable bonds is 2. The van der Waals surface area contributed by atoms with Crippen molar-refractivity contribution in [2.45, 2.75) is 49.4 Å². The van der Waals surface area contributed by atoms with Crippen LogP contribution in [0.5, 0.6) is 0 Å². The Balaban J connectivity index is 2.05. The van der Waals surface area contributed by atoms with Gasteiger partial charge in [-0.05, 0) is 24.0 Å². The second-order valence-electron chi connectivity index (χ2n) is 5.75. The average Bonchev–Trinajstić information content (AvgIpc) is 2.74. The van der Waals surface area contributed by atoms with Gasteiger partial charge >= 0.3 is 0 Å². The van der Waals surface area contributed by atoms with Gasteiger partial charge in [0.15, 0.2) is 5.78 Å². The van der Waals surface area contributed by atoms with Crippen molar-refractivity contribution in [1.29, 1.82) is 0 Å². The Hall–Kier alpha value is -1.35. The number of alkyl halides is 1.